The van der Waals surface area contributed by atoms with Crippen molar-refractivity contribution >= 4 is 23.2 Å². The number of aromatic nitrogens is 2. The summed E-state index contributed by atoms with van der Waals surface area (Å²) in [6.07, 6.45) is -4.51. The summed E-state index contributed by atoms with van der Waals surface area (Å²) in [5.74, 6) is -0.298. The molecule has 1 aromatic heterocycles. The number of halogens is 5. The van der Waals surface area contributed by atoms with Gasteiger partial charge in [0.15, 0.2) is 5.69 Å². The lowest BCUT2D eigenvalue weighted by Gasteiger charge is -2.02. The van der Waals surface area contributed by atoms with E-state index in [-0.39, 0.29) is 23.1 Å². The summed E-state index contributed by atoms with van der Waals surface area (Å²) in [6.45, 7) is 1.93. The zero-order valence-corrected chi connectivity index (χ0v) is 8.71. The van der Waals surface area contributed by atoms with Crippen LogP contribution in [0.25, 0.3) is 0 Å². The second kappa shape index (κ2) is 3.98. The van der Waals surface area contributed by atoms with Gasteiger partial charge in [0.2, 0.25) is 0 Å². The quantitative estimate of drug-likeness (QED) is 0.733. The van der Waals surface area contributed by atoms with Gasteiger partial charge in [0.25, 0.3) is 0 Å². The third-order valence-electron chi connectivity index (χ3n) is 1.68. The van der Waals surface area contributed by atoms with Crippen molar-refractivity contribution in [1.82, 2.24) is 9.78 Å². The van der Waals surface area contributed by atoms with Crippen molar-refractivity contribution in [1.29, 1.82) is 0 Å². The van der Waals surface area contributed by atoms with Crippen molar-refractivity contribution in [3.63, 3.8) is 0 Å². The Balaban J connectivity index is 3.30. The second-order valence-electron chi connectivity index (χ2n) is 2.57. The summed E-state index contributed by atoms with van der Waals surface area (Å²) in [4.78, 5) is 0. The van der Waals surface area contributed by atoms with E-state index in [0.717, 1.165) is 4.68 Å². The standard InChI is InChI=1S/C7H7Cl2F3N2/c1-2-14-6(9)4(3-8)5(13-14)7(10,11)12/h2-3H2,1H3. The highest BCUT2D eigenvalue weighted by atomic mass is 35.5. The lowest BCUT2D eigenvalue weighted by Crippen LogP contribution is -2.09. The molecule has 0 bridgehead atoms. The Bertz CT molecular complexity index is 332. The summed E-state index contributed by atoms with van der Waals surface area (Å²) in [6, 6.07) is 0. The molecule has 0 aliphatic heterocycles. The molecule has 0 unspecified atom stereocenters. The molecule has 0 saturated carbocycles. The first kappa shape index (κ1) is 11.7. The van der Waals surface area contributed by atoms with Gasteiger partial charge in [-0.25, -0.2) is 0 Å². The topological polar surface area (TPSA) is 17.8 Å². The summed E-state index contributed by atoms with van der Waals surface area (Å²) < 4.78 is 38.2. The summed E-state index contributed by atoms with van der Waals surface area (Å²) in [5.41, 5.74) is -1.16. The van der Waals surface area contributed by atoms with Crippen LogP contribution in [0.2, 0.25) is 5.15 Å². The van der Waals surface area contributed by atoms with Gasteiger partial charge in [-0.1, -0.05) is 11.6 Å². The van der Waals surface area contributed by atoms with Crippen LogP contribution in [0.3, 0.4) is 0 Å². The number of alkyl halides is 4. The third kappa shape index (κ3) is 1.98. The van der Waals surface area contributed by atoms with E-state index in [2.05, 4.69) is 5.10 Å². The van der Waals surface area contributed by atoms with Crippen molar-refractivity contribution in [2.24, 2.45) is 0 Å². The fraction of sp³-hybridized carbons (Fsp3) is 0.571. The van der Waals surface area contributed by atoms with Gasteiger partial charge in [0.1, 0.15) is 5.15 Å². The highest BCUT2D eigenvalue weighted by molar-refractivity contribution is 6.31. The first-order valence-electron chi connectivity index (χ1n) is 3.80. The predicted molar refractivity (Wildman–Crippen MR) is 47.5 cm³/mol. The van der Waals surface area contributed by atoms with Gasteiger partial charge in [-0.15, -0.1) is 11.6 Å². The monoisotopic (exact) mass is 246 g/mol. The highest BCUT2D eigenvalue weighted by Crippen LogP contribution is 2.35. The zero-order chi connectivity index (χ0) is 10.9. The molecule has 0 saturated heterocycles. The first-order valence-corrected chi connectivity index (χ1v) is 4.71. The molecule has 14 heavy (non-hydrogen) atoms. The van der Waals surface area contributed by atoms with Crippen molar-refractivity contribution in [2.45, 2.75) is 25.5 Å². The Morgan fingerprint density at radius 1 is 1.43 bits per heavy atom. The van der Waals surface area contributed by atoms with Crippen molar-refractivity contribution in [3.8, 4) is 0 Å². The summed E-state index contributed by atoms with van der Waals surface area (Å²) >= 11 is 11.0. The summed E-state index contributed by atoms with van der Waals surface area (Å²) in [7, 11) is 0. The average Bonchev–Trinajstić information content (AvgIpc) is 2.41. The van der Waals surface area contributed by atoms with Crippen LogP contribution in [0, 0.1) is 0 Å². The molecule has 80 valence electrons. The maximum absolute atomic E-state index is 12.4. The smallest absolute Gasteiger partial charge is 0.253 e. The van der Waals surface area contributed by atoms with Gasteiger partial charge >= 0.3 is 6.18 Å². The minimum absolute atomic E-state index is 0.0465. The van der Waals surface area contributed by atoms with Crippen molar-refractivity contribution in [2.75, 3.05) is 0 Å². The fourth-order valence-corrected chi connectivity index (χ4v) is 1.67. The average molecular weight is 247 g/mol. The van der Waals surface area contributed by atoms with E-state index >= 15 is 0 Å². The number of hydrogen-bond donors (Lipinski definition) is 0. The van der Waals surface area contributed by atoms with E-state index in [4.69, 9.17) is 23.2 Å². The Kier molecular flexibility index (Phi) is 3.32. The maximum Gasteiger partial charge on any atom is 0.435 e. The van der Waals surface area contributed by atoms with Crippen LogP contribution in [0.1, 0.15) is 18.2 Å². The van der Waals surface area contributed by atoms with Crippen LogP contribution < -0.4 is 0 Å². The molecule has 0 aliphatic rings. The normalized spacial score (nSPS) is 12.1. The highest BCUT2D eigenvalue weighted by Gasteiger charge is 2.38. The molecule has 0 spiro atoms. The molecule has 0 radical (unpaired) electrons. The number of hydrogen-bond acceptors (Lipinski definition) is 1. The van der Waals surface area contributed by atoms with Crippen LogP contribution in [-0.2, 0) is 18.6 Å². The molecule has 1 aromatic rings. The van der Waals surface area contributed by atoms with Crippen LogP contribution in [0.4, 0.5) is 13.2 Å². The van der Waals surface area contributed by atoms with Crippen molar-refractivity contribution in [3.05, 3.63) is 16.4 Å². The molecular formula is C7H7Cl2F3N2. The molecule has 2 nitrogen and oxygen atoms in total. The van der Waals surface area contributed by atoms with Crippen LogP contribution in [-0.4, -0.2) is 9.78 Å². The molecule has 0 amide bonds. The van der Waals surface area contributed by atoms with Gasteiger partial charge in [-0.2, -0.15) is 18.3 Å². The lowest BCUT2D eigenvalue weighted by atomic mass is 10.3. The van der Waals surface area contributed by atoms with Crippen LogP contribution >= 0.6 is 23.2 Å². The Morgan fingerprint density at radius 3 is 2.29 bits per heavy atom. The van der Waals surface area contributed by atoms with Crippen LogP contribution in [0.5, 0.6) is 0 Å². The number of nitrogens with zero attached hydrogens (tertiary/aromatic N) is 2. The van der Waals surface area contributed by atoms with Gasteiger partial charge in [-0.05, 0) is 6.92 Å². The minimum atomic E-state index is -4.51. The molecule has 1 heterocycles. The molecule has 0 aromatic carbocycles. The Morgan fingerprint density at radius 2 is 2.00 bits per heavy atom. The second-order valence-corrected chi connectivity index (χ2v) is 3.19. The van der Waals surface area contributed by atoms with E-state index in [1.807, 2.05) is 0 Å². The Hall–Kier alpha value is -0.420. The molecule has 0 N–H and O–H groups in total. The molecule has 7 heteroatoms. The SMILES string of the molecule is CCn1nc(C(F)(F)F)c(CCl)c1Cl. The van der Waals surface area contributed by atoms with Gasteiger partial charge < -0.3 is 0 Å². The molecule has 0 atom stereocenters. The number of rotatable bonds is 2. The van der Waals surface area contributed by atoms with Gasteiger partial charge in [0.05, 0.1) is 5.88 Å². The molecule has 0 fully saturated rings. The van der Waals surface area contributed by atoms with E-state index in [1.165, 1.54) is 0 Å². The maximum atomic E-state index is 12.4. The van der Waals surface area contributed by atoms with Crippen LogP contribution in [0.15, 0.2) is 0 Å². The van der Waals surface area contributed by atoms with E-state index in [0.29, 0.717) is 0 Å². The van der Waals surface area contributed by atoms with E-state index in [9.17, 15) is 13.2 Å². The molecular weight excluding hydrogens is 240 g/mol. The van der Waals surface area contributed by atoms with Gasteiger partial charge in [0, 0.05) is 12.1 Å². The molecule has 0 aliphatic carbocycles. The van der Waals surface area contributed by atoms with Crippen molar-refractivity contribution < 1.29 is 13.2 Å². The van der Waals surface area contributed by atoms with Gasteiger partial charge in [-0.3, -0.25) is 4.68 Å². The minimum Gasteiger partial charge on any atom is -0.253 e. The Labute approximate surface area is 88.6 Å². The van der Waals surface area contributed by atoms with E-state index in [1.54, 1.807) is 6.92 Å². The fourth-order valence-electron chi connectivity index (χ4n) is 1.03. The third-order valence-corrected chi connectivity index (χ3v) is 2.37. The number of aryl methyl sites for hydroxylation is 1. The predicted octanol–water partition coefficient (Wildman–Crippen LogP) is 3.31. The first-order chi connectivity index (χ1) is 6.41. The zero-order valence-electron chi connectivity index (χ0n) is 7.20. The summed E-state index contributed by atoms with van der Waals surface area (Å²) in [5, 5.41) is 3.30. The lowest BCUT2D eigenvalue weighted by molar-refractivity contribution is -0.142. The van der Waals surface area contributed by atoms with E-state index < -0.39 is 11.9 Å². The largest absolute Gasteiger partial charge is 0.435 e. The molecule has 1 rings (SSSR count).